The van der Waals surface area contributed by atoms with Crippen LogP contribution in [0.2, 0.25) is 5.02 Å². The summed E-state index contributed by atoms with van der Waals surface area (Å²) in [6.07, 6.45) is 2.95. The first-order chi connectivity index (χ1) is 13.1. The van der Waals surface area contributed by atoms with Gasteiger partial charge in [0.05, 0.1) is 30.7 Å². The van der Waals surface area contributed by atoms with Gasteiger partial charge in [0, 0.05) is 24.7 Å². The average molecular weight is 393 g/mol. The van der Waals surface area contributed by atoms with Gasteiger partial charge in [-0.3, -0.25) is 9.78 Å². The lowest BCUT2D eigenvalue weighted by molar-refractivity contribution is -0.148. The van der Waals surface area contributed by atoms with E-state index in [9.17, 15) is 9.90 Å². The van der Waals surface area contributed by atoms with E-state index in [1.165, 1.54) is 7.11 Å². The van der Waals surface area contributed by atoms with Gasteiger partial charge in [0.1, 0.15) is 5.75 Å². The van der Waals surface area contributed by atoms with Crippen molar-refractivity contribution < 1.29 is 19.4 Å². The molecule has 0 saturated carbocycles. The van der Waals surface area contributed by atoms with Crippen molar-refractivity contribution in [3.63, 3.8) is 0 Å². The second-order valence-corrected chi connectivity index (χ2v) is 7.22. The highest BCUT2D eigenvalue weighted by Crippen LogP contribution is 2.43. The SMILES string of the molecule is COC(=O)[C@@H]1CNCC[C@H]1[C@@H](CCO)c1c(Cl)cnc2ccc(OC)cc12. The number of aliphatic hydroxyl groups is 1. The lowest BCUT2D eigenvalue weighted by Gasteiger charge is -2.37. The maximum absolute atomic E-state index is 12.4. The van der Waals surface area contributed by atoms with Crippen LogP contribution >= 0.6 is 11.6 Å². The molecule has 1 aliphatic rings. The summed E-state index contributed by atoms with van der Waals surface area (Å²) in [6, 6.07) is 5.67. The number of aromatic nitrogens is 1. The van der Waals surface area contributed by atoms with Gasteiger partial charge in [0.15, 0.2) is 0 Å². The van der Waals surface area contributed by atoms with Gasteiger partial charge in [-0.2, -0.15) is 0 Å². The summed E-state index contributed by atoms with van der Waals surface area (Å²) in [5.74, 6) is 0.115. The molecule has 0 bridgehead atoms. The Hall–Kier alpha value is -1.89. The van der Waals surface area contributed by atoms with Crippen molar-refractivity contribution in [1.82, 2.24) is 10.3 Å². The van der Waals surface area contributed by atoms with E-state index in [1.807, 2.05) is 18.2 Å². The second kappa shape index (κ2) is 8.87. The number of piperidine rings is 1. The van der Waals surface area contributed by atoms with Crippen molar-refractivity contribution in [2.45, 2.75) is 18.8 Å². The number of hydrogen-bond donors (Lipinski definition) is 2. The van der Waals surface area contributed by atoms with Gasteiger partial charge in [0.25, 0.3) is 0 Å². The number of halogens is 1. The molecule has 2 N–H and O–H groups in total. The fourth-order valence-corrected chi connectivity index (χ4v) is 4.44. The molecule has 1 aromatic carbocycles. The standard InChI is InChI=1S/C20H25ClN2O4/c1-26-12-3-4-18-15(9-12)19(17(21)11-23-18)14(6-8-24)13-5-7-22-10-16(13)20(25)27-2/h3-4,9,11,13-14,16,22,24H,5-8,10H2,1-2H3/t13-,14+,16+/m0/s1. The monoisotopic (exact) mass is 392 g/mol. The first kappa shape index (κ1) is 19.9. The number of hydrogen-bond acceptors (Lipinski definition) is 6. The predicted molar refractivity (Wildman–Crippen MR) is 104 cm³/mol. The molecule has 3 atom stereocenters. The highest BCUT2D eigenvalue weighted by atomic mass is 35.5. The van der Waals surface area contributed by atoms with Crippen LogP contribution in [0.1, 0.15) is 24.3 Å². The normalized spacial score (nSPS) is 21.0. The summed E-state index contributed by atoms with van der Waals surface area (Å²) < 4.78 is 10.4. The van der Waals surface area contributed by atoms with Gasteiger partial charge in [-0.1, -0.05) is 11.6 Å². The third-order valence-electron chi connectivity index (χ3n) is 5.44. The maximum atomic E-state index is 12.4. The fourth-order valence-electron chi connectivity index (χ4n) is 4.15. The Morgan fingerprint density at radius 2 is 2.26 bits per heavy atom. The number of fused-ring (bicyclic) bond motifs is 1. The molecule has 0 unspecified atom stereocenters. The summed E-state index contributed by atoms with van der Waals surface area (Å²) in [4.78, 5) is 16.8. The lowest BCUT2D eigenvalue weighted by atomic mass is 9.72. The molecule has 1 aromatic heterocycles. The molecule has 2 aromatic rings. The van der Waals surface area contributed by atoms with Gasteiger partial charge in [-0.25, -0.2) is 0 Å². The van der Waals surface area contributed by atoms with Crippen LogP contribution in [0.15, 0.2) is 24.4 Å². The van der Waals surface area contributed by atoms with Crippen LogP contribution in [0.5, 0.6) is 5.75 Å². The van der Waals surface area contributed by atoms with E-state index in [-0.39, 0.29) is 30.3 Å². The third-order valence-corrected chi connectivity index (χ3v) is 5.74. The molecule has 0 aliphatic carbocycles. The first-order valence-corrected chi connectivity index (χ1v) is 9.50. The minimum Gasteiger partial charge on any atom is -0.497 e. The number of rotatable bonds is 6. The number of methoxy groups -OCH3 is 2. The molecule has 6 nitrogen and oxygen atoms in total. The predicted octanol–water partition coefficient (Wildman–Crippen LogP) is 2.76. The second-order valence-electron chi connectivity index (χ2n) is 6.81. The molecule has 1 aliphatic heterocycles. The smallest absolute Gasteiger partial charge is 0.310 e. The molecule has 0 radical (unpaired) electrons. The number of pyridine rings is 1. The van der Waals surface area contributed by atoms with Crippen LogP contribution < -0.4 is 10.1 Å². The highest BCUT2D eigenvalue weighted by molar-refractivity contribution is 6.32. The zero-order chi connectivity index (χ0) is 19.4. The van der Waals surface area contributed by atoms with Crippen LogP contribution in [0.25, 0.3) is 10.9 Å². The molecule has 3 rings (SSSR count). The molecule has 7 heteroatoms. The maximum Gasteiger partial charge on any atom is 0.310 e. The highest BCUT2D eigenvalue weighted by Gasteiger charge is 2.38. The van der Waals surface area contributed by atoms with Gasteiger partial charge >= 0.3 is 5.97 Å². The molecule has 27 heavy (non-hydrogen) atoms. The number of ether oxygens (including phenoxy) is 2. The van der Waals surface area contributed by atoms with Gasteiger partial charge < -0.3 is 19.9 Å². The first-order valence-electron chi connectivity index (χ1n) is 9.12. The quantitative estimate of drug-likeness (QED) is 0.736. The van der Waals surface area contributed by atoms with E-state index < -0.39 is 0 Å². The molecular formula is C20H25ClN2O4. The van der Waals surface area contributed by atoms with Crippen LogP contribution in [0.4, 0.5) is 0 Å². The van der Waals surface area contributed by atoms with E-state index in [0.29, 0.717) is 23.7 Å². The number of esters is 1. The Morgan fingerprint density at radius 3 is 2.96 bits per heavy atom. The Morgan fingerprint density at radius 1 is 1.44 bits per heavy atom. The zero-order valence-electron chi connectivity index (χ0n) is 15.6. The van der Waals surface area contributed by atoms with Crippen LogP contribution in [0.3, 0.4) is 0 Å². The zero-order valence-corrected chi connectivity index (χ0v) is 16.3. The number of aliphatic hydroxyl groups excluding tert-OH is 1. The number of nitrogens with one attached hydrogen (secondary N) is 1. The van der Waals surface area contributed by atoms with E-state index in [4.69, 9.17) is 21.1 Å². The van der Waals surface area contributed by atoms with Crippen LogP contribution in [-0.4, -0.2) is 50.0 Å². The number of benzene rings is 1. The van der Waals surface area contributed by atoms with Crippen molar-refractivity contribution in [3.05, 3.63) is 35.0 Å². The average Bonchev–Trinajstić information content (AvgIpc) is 2.71. The fraction of sp³-hybridized carbons (Fsp3) is 0.500. The summed E-state index contributed by atoms with van der Waals surface area (Å²) in [5.41, 5.74) is 1.72. The number of carbonyl (C=O) groups is 1. The Bertz CT molecular complexity index is 814. The minimum absolute atomic E-state index is 0.00655. The largest absolute Gasteiger partial charge is 0.497 e. The summed E-state index contributed by atoms with van der Waals surface area (Å²) in [6.45, 7) is 1.37. The molecule has 146 valence electrons. The van der Waals surface area contributed by atoms with Crippen molar-refractivity contribution in [2.24, 2.45) is 11.8 Å². The Balaban J connectivity index is 2.13. The topological polar surface area (TPSA) is 80.7 Å². The van der Waals surface area contributed by atoms with E-state index >= 15 is 0 Å². The van der Waals surface area contributed by atoms with E-state index in [1.54, 1.807) is 13.3 Å². The van der Waals surface area contributed by atoms with Gasteiger partial charge in [0.2, 0.25) is 0 Å². The van der Waals surface area contributed by atoms with Crippen LogP contribution in [0, 0.1) is 11.8 Å². The number of nitrogens with zero attached hydrogens (tertiary/aromatic N) is 1. The molecule has 1 fully saturated rings. The van der Waals surface area contributed by atoms with Crippen molar-refractivity contribution in [1.29, 1.82) is 0 Å². The van der Waals surface area contributed by atoms with E-state index in [0.717, 1.165) is 29.4 Å². The molecule has 1 saturated heterocycles. The van der Waals surface area contributed by atoms with Gasteiger partial charge in [-0.15, -0.1) is 0 Å². The molecule has 0 amide bonds. The third kappa shape index (κ3) is 4.03. The Labute approximate surface area is 163 Å². The molecule has 2 heterocycles. The van der Waals surface area contributed by atoms with Gasteiger partial charge in [-0.05, 0) is 55.0 Å². The minimum atomic E-state index is -0.287. The van der Waals surface area contributed by atoms with Crippen molar-refractivity contribution in [3.8, 4) is 5.75 Å². The lowest BCUT2D eigenvalue weighted by Crippen LogP contribution is -2.44. The molecule has 0 spiro atoms. The van der Waals surface area contributed by atoms with E-state index in [2.05, 4.69) is 10.3 Å². The summed E-state index contributed by atoms with van der Waals surface area (Å²) in [5, 5.41) is 14.5. The van der Waals surface area contributed by atoms with Crippen molar-refractivity contribution >= 4 is 28.5 Å². The summed E-state index contributed by atoms with van der Waals surface area (Å²) >= 11 is 6.59. The molecular weight excluding hydrogens is 368 g/mol. The van der Waals surface area contributed by atoms with Crippen LogP contribution in [-0.2, 0) is 9.53 Å². The number of carbonyl (C=O) groups excluding carboxylic acids is 1. The summed E-state index contributed by atoms with van der Waals surface area (Å²) in [7, 11) is 3.03. The van der Waals surface area contributed by atoms with Crippen molar-refractivity contribution in [2.75, 3.05) is 33.9 Å². The Kier molecular flexibility index (Phi) is 6.52.